The second-order valence-electron chi connectivity index (χ2n) is 4.27. The SMILES string of the molecule is CC(C)c1c(C(=O)O)nnn1-c1cccc(Cl)c1F. The minimum atomic E-state index is -1.20. The third-order valence-corrected chi connectivity index (χ3v) is 2.91. The molecule has 0 aliphatic carbocycles. The zero-order chi connectivity index (χ0) is 14.2. The zero-order valence-electron chi connectivity index (χ0n) is 10.3. The van der Waals surface area contributed by atoms with Gasteiger partial charge in [-0.1, -0.05) is 36.7 Å². The Morgan fingerprint density at radius 2 is 2.16 bits per heavy atom. The fraction of sp³-hybridized carbons (Fsp3) is 0.250. The van der Waals surface area contributed by atoms with Gasteiger partial charge < -0.3 is 5.11 Å². The molecule has 1 heterocycles. The van der Waals surface area contributed by atoms with Crippen LogP contribution in [0.2, 0.25) is 5.02 Å². The zero-order valence-corrected chi connectivity index (χ0v) is 11.0. The van der Waals surface area contributed by atoms with Crippen molar-refractivity contribution >= 4 is 17.6 Å². The van der Waals surface area contributed by atoms with Crippen LogP contribution < -0.4 is 0 Å². The third-order valence-electron chi connectivity index (χ3n) is 2.61. The van der Waals surface area contributed by atoms with Crippen LogP contribution in [0.15, 0.2) is 18.2 Å². The second-order valence-corrected chi connectivity index (χ2v) is 4.68. The molecule has 5 nitrogen and oxygen atoms in total. The van der Waals surface area contributed by atoms with E-state index >= 15 is 0 Å². The summed E-state index contributed by atoms with van der Waals surface area (Å²) >= 11 is 5.71. The second kappa shape index (κ2) is 4.97. The van der Waals surface area contributed by atoms with Crippen LogP contribution in [0.5, 0.6) is 0 Å². The van der Waals surface area contributed by atoms with Crippen molar-refractivity contribution in [2.75, 3.05) is 0 Å². The third kappa shape index (κ3) is 2.31. The van der Waals surface area contributed by atoms with Crippen LogP contribution in [0, 0.1) is 5.82 Å². The number of carboxylic acid groups (broad SMARTS) is 1. The highest BCUT2D eigenvalue weighted by Gasteiger charge is 2.24. The van der Waals surface area contributed by atoms with Crippen LogP contribution in [0.1, 0.15) is 35.9 Å². The monoisotopic (exact) mass is 283 g/mol. The maximum Gasteiger partial charge on any atom is 0.358 e. The fourth-order valence-corrected chi connectivity index (χ4v) is 1.96. The lowest BCUT2D eigenvalue weighted by Crippen LogP contribution is -2.09. The largest absolute Gasteiger partial charge is 0.476 e. The first-order valence-electron chi connectivity index (χ1n) is 5.56. The standard InChI is InChI=1S/C12H11ClFN3O2/c1-6(2)11-10(12(18)19)15-16-17(11)8-5-3-4-7(13)9(8)14/h3-6H,1-2H3,(H,18,19). The smallest absolute Gasteiger partial charge is 0.358 e. The molecule has 0 aliphatic heterocycles. The van der Waals surface area contributed by atoms with Gasteiger partial charge in [0, 0.05) is 0 Å². The van der Waals surface area contributed by atoms with E-state index in [-0.39, 0.29) is 22.3 Å². The van der Waals surface area contributed by atoms with Crippen LogP contribution in [0.4, 0.5) is 4.39 Å². The number of hydrogen-bond donors (Lipinski definition) is 1. The van der Waals surface area contributed by atoms with Crippen molar-refractivity contribution in [3.05, 3.63) is 40.4 Å². The molecule has 0 bridgehead atoms. The molecule has 100 valence electrons. The number of hydrogen-bond acceptors (Lipinski definition) is 3. The quantitative estimate of drug-likeness (QED) is 0.940. The van der Waals surface area contributed by atoms with Gasteiger partial charge in [0.05, 0.1) is 10.7 Å². The minimum Gasteiger partial charge on any atom is -0.476 e. The summed E-state index contributed by atoms with van der Waals surface area (Å²) in [5, 5.41) is 16.3. The van der Waals surface area contributed by atoms with E-state index in [2.05, 4.69) is 10.3 Å². The van der Waals surface area contributed by atoms with Gasteiger partial charge in [0.2, 0.25) is 0 Å². The van der Waals surface area contributed by atoms with Gasteiger partial charge in [0.15, 0.2) is 11.5 Å². The molecule has 19 heavy (non-hydrogen) atoms. The topological polar surface area (TPSA) is 68.0 Å². The van der Waals surface area contributed by atoms with Gasteiger partial charge in [-0.25, -0.2) is 13.9 Å². The summed E-state index contributed by atoms with van der Waals surface area (Å²) in [6.07, 6.45) is 0. The van der Waals surface area contributed by atoms with Gasteiger partial charge >= 0.3 is 5.97 Å². The van der Waals surface area contributed by atoms with Crippen molar-refractivity contribution in [1.29, 1.82) is 0 Å². The van der Waals surface area contributed by atoms with Gasteiger partial charge in [0.1, 0.15) is 5.69 Å². The highest BCUT2D eigenvalue weighted by molar-refractivity contribution is 6.30. The van der Waals surface area contributed by atoms with Crippen molar-refractivity contribution < 1.29 is 14.3 Å². The first kappa shape index (κ1) is 13.5. The summed E-state index contributed by atoms with van der Waals surface area (Å²) in [4.78, 5) is 11.1. The van der Waals surface area contributed by atoms with E-state index in [1.807, 2.05) is 0 Å². The normalized spacial score (nSPS) is 11.0. The first-order chi connectivity index (χ1) is 8.93. The van der Waals surface area contributed by atoms with E-state index in [0.717, 1.165) is 0 Å². The molecule has 0 fully saturated rings. The Balaban J connectivity index is 2.69. The highest BCUT2D eigenvalue weighted by atomic mass is 35.5. The van der Waals surface area contributed by atoms with Crippen LogP contribution in [0.25, 0.3) is 5.69 Å². The van der Waals surface area contributed by atoms with E-state index in [4.69, 9.17) is 16.7 Å². The summed E-state index contributed by atoms with van der Waals surface area (Å²) in [6, 6.07) is 4.44. The lowest BCUT2D eigenvalue weighted by Gasteiger charge is -2.11. The van der Waals surface area contributed by atoms with Gasteiger partial charge in [0.25, 0.3) is 0 Å². The molecule has 7 heteroatoms. The number of nitrogens with zero attached hydrogens (tertiary/aromatic N) is 3. The Labute approximate surface area is 113 Å². The molecular weight excluding hydrogens is 273 g/mol. The lowest BCUT2D eigenvalue weighted by atomic mass is 10.1. The van der Waals surface area contributed by atoms with Crippen molar-refractivity contribution in [3.8, 4) is 5.69 Å². The minimum absolute atomic E-state index is 0.0559. The molecule has 2 aromatic rings. The molecule has 0 saturated carbocycles. The van der Waals surface area contributed by atoms with E-state index in [9.17, 15) is 9.18 Å². The molecule has 1 aromatic heterocycles. The Morgan fingerprint density at radius 3 is 2.74 bits per heavy atom. The van der Waals surface area contributed by atoms with Crippen molar-refractivity contribution in [1.82, 2.24) is 15.0 Å². The predicted molar refractivity (Wildman–Crippen MR) is 67.4 cm³/mol. The number of aromatic nitrogens is 3. The Hall–Kier alpha value is -1.95. The van der Waals surface area contributed by atoms with E-state index in [1.54, 1.807) is 19.9 Å². The van der Waals surface area contributed by atoms with Crippen LogP contribution in [-0.4, -0.2) is 26.1 Å². The molecule has 0 unspecified atom stereocenters. The predicted octanol–water partition coefficient (Wildman–Crippen LogP) is 2.88. The number of aromatic carboxylic acids is 1. The number of benzene rings is 1. The molecule has 0 saturated heterocycles. The van der Waals surface area contributed by atoms with Crippen molar-refractivity contribution in [2.45, 2.75) is 19.8 Å². The lowest BCUT2D eigenvalue weighted by molar-refractivity contribution is 0.0688. The summed E-state index contributed by atoms with van der Waals surface area (Å²) in [6.45, 7) is 3.56. The van der Waals surface area contributed by atoms with Crippen LogP contribution in [0.3, 0.4) is 0 Å². The summed E-state index contributed by atoms with van der Waals surface area (Å²) in [5.74, 6) is -2.04. The van der Waals surface area contributed by atoms with E-state index < -0.39 is 11.8 Å². The molecule has 0 aliphatic rings. The first-order valence-corrected chi connectivity index (χ1v) is 5.94. The maximum absolute atomic E-state index is 14.0. The Morgan fingerprint density at radius 1 is 1.47 bits per heavy atom. The van der Waals surface area contributed by atoms with Crippen molar-refractivity contribution in [2.24, 2.45) is 0 Å². The van der Waals surface area contributed by atoms with E-state index in [0.29, 0.717) is 5.69 Å². The van der Waals surface area contributed by atoms with Gasteiger partial charge in [-0.3, -0.25) is 0 Å². The summed E-state index contributed by atoms with van der Waals surface area (Å²) in [5.41, 5.74) is 0.222. The number of carbonyl (C=O) groups is 1. The fourth-order valence-electron chi connectivity index (χ4n) is 1.79. The maximum atomic E-state index is 14.0. The number of rotatable bonds is 3. The van der Waals surface area contributed by atoms with Gasteiger partial charge in [-0.05, 0) is 18.1 Å². The van der Waals surface area contributed by atoms with Gasteiger partial charge in [-0.2, -0.15) is 0 Å². The average Bonchev–Trinajstić information content (AvgIpc) is 2.77. The van der Waals surface area contributed by atoms with Crippen LogP contribution in [-0.2, 0) is 0 Å². The molecule has 0 amide bonds. The number of halogens is 2. The molecule has 1 aromatic carbocycles. The molecule has 0 radical (unpaired) electrons. The molecule has 1 N–H and O–H groups in total. The Bertz CT molecular complexity index is 640. The average molecular weight is 284 g/mol. The molecule has 0 spiro atoms. The van der Waals surface area contributed by atoms with E-state index in [1.165, 1.54) is 16.8 Å². The summed E-state index contributed by atoms with van der Waals surface area (Å²) < 4.78 is 15.1. The number of carboxylic acids is 1. The van der Waals surface area contributed by atoms with Gasteiger partial charge in [-0.15, -0.1) is 5.10 Å². The Kier molecular flexibility index (Phi) is 3.53. The highest BCUT2D eigenvalue weighted by Crippen LogP contribution is 2.26. The van der Waals surface area contributed by atoms with Crippen molar-refractivity contribution in [3.63, 3.8) is 0 Å². The summed E-state index contributed by atoms with van der Waals surface area (Å²) in [7, 11) is 0. The molecule has 0 atom stereocenters. The molecular formula is C12H11ClFN3O2. The van der Waals surface area contributed by atoms with Crippen LogP contribution >= 0.6 is 11.6 Å². The molecule has 2 rings (SSSR count).